The second-order valence-electron chi connectivity index (χ2n) is 27.4. The molecule has 1 aromatic heterocycles. The summed E-state index contributed by atoms with van der Waals surface area (Å²) >= 11 is 0. The van der Waals surface area contributed by atoms with Crippen LogP contribution in [0.15, 0.2) is 150 Å². The lowest BCUT2D eigenvalue weighted by atomic mass is 9.98. The lowest BCUT2D eigenvalue weighted by Crippen LogP contribution is -2.61. The van der Waals surface area contributed by atoms with Crippen LogP contribution in [0.25, 0.3) is 32.4 Å². The van der Waals surface area contributed by atoms with E-state index in [1.165, 1.54) is 43.0 Å². The first-order valence-corrected chi connectivity index (χ1v) is 35.9. The Bertz CT molecular complexity index is 4420. The zero-order valence-electron chi connectivity index (χ0n) is 60.9. The molecule has 0 bridgehead atoms. The van der Waals surface area contributed by atoms with Gasteiger partial charge in [-0.2, -0.15) is 0 Å². The van der Waals surface area contributed by atoms with Crippen LogP contribution in [0.4, 0.5) is 0 Å². The minimum atomic E-state index is -1.84. The standard InChI is InChI=1S/C77H98N18O13/c1-43(2)34-59(68(101)89-58(21-12-32-84-77(81)82)75(108)95-33-13-22-65(95)74(107)86-44(3)66(78)99)90-67(100)57(20-11-31-83-76(79)80)88-70(103)61(37-46-25-29-54(98)30-26-46)92-73(106)64(42-96)94-72(105)63(40-53-41-85-56-19-10-9-18-55(53)56)93-71(104)62(39-48-24-28-50-15-6-8-17-52(50)36-48)91-69(102)60(87-45(4)97)38-47-23-27-49-14-5-7-16-51(49)35-47/h5-10,14-19,23-30,35-36,41,43-44,57-65,85,96,98H,11-13,20-22,31-34,37-40,42H2,1-4H3,(H2,78,99)(H,86,107)(H,87,97)(H,88,103)(H,89,101)(H,90,100)(H,91,102)(H,92,106)(H,93,104)(H,94,105)(H4,79,80,83)(H4,81,82,84)/t44-,57-,58-,59-,60-,61-,62-,63+,64-,65-/m0/s1. The number of aliphatic hydroxyl groups excluding tert-OH is 1. The number of primary amides is 1. The molecule has 8 rings (SSSR count). The number of H-pyrrole nitrogens is 1. The van der Waals surface area contributed by atoms with Gasteiger partial charge in [-0.25, -0.2) is 0 Å². The van der Waals surface area contributed by atoms with E-state index in [4.69, 9.17) is 28.7 Å². The van der Waals surface area contributed by atoms with Gasteiger partial charge in [0.2, 0.25) is 65.0 Å². The number of aromatic amines is 1. The summed E-state index contributed by atoms with van der Waals surface area (Å²) in [6.07, 6.45) is 1.75. The number of aromatic nitrogens is 1. The molecule has 1 saturated heterocycles. The Kier molecular flexibility index (Phi) is 29.6. The fourth-order valence-electron chi connectivity index (χ4n) is 12.9. The van der Waals surface area contributed by atoms with E-state index in [1.807, 2.05) is 84.9 Å². The summed E-state index contributed by atoms with van der Waals surface area (Å²) in [6.45, 7) is 5.33. The SMILES string of the molecule is CC(=O)N[C@@H](Cc1ccc2ccccc2c1)C(=O)N[C@@H](Cc1ccc2ccccc2c1)C(=O)N[C@H](Cc1c[nH]c2ccccc12)C(=O)N[C@@H](CO)C(=O)N[C@@H](Cc1ccc(O)cc1)C(=O)N[C@@H](CCCN=C(N)N)C(=O)N[C@@H](CC(C)C)C(=O)N[C@@H](CCCN=C(N)N)C(=O)N1CCC[C@H]1C(=O)N[C@@H](C)C(N)=O. The van der Waals surface area contributed by atoms with Crippen molar-refractivity contribution >= 4 is 109 Å². The number of nitrogens with one attached hydrogen (secondary N) is 10. The number of aromatic hydroxyl groups is 1. The summed E-state index contributed by atoms with van der Waals surface area (Å²) in [5, 5.41) is 50.1. The number of likely N-dealkylation sites (tertiary alicyclic amines) is 1. The molecule has 0 radical (unpaired) electrons. The van der Waals surface area contributed by atoms with Gasteiger partial charge in [-0.15, -0.1) is 0 Å². The van der Waals surface area contributed by atoms with Crippen LogP contribution in [0.3, 0.4) is 0 Å². The molecule has 0 unspecified atom stereocenters. The summed E-state index contributed by atoms with van der Waals surface area (Å²) in [6, 6.07) is 25.4. The largest absolute Gasteiger partial charge is 0.508 e. The van der Waals surface area contributed by atoms with E-state index in [-0.39, 0.29) is 107 Å². The van der Waals surface area contributed by atoms with E-state index in [2.05, 4.69) is 62.8 Å². The number of guanidine groups is 2. The summed E-state index contributed by atoms with van der Waals surface area (Å²) in [7, 11) is 0. The van der Waals surface area contributed by atoms with Crippen molar-refractivity contribution in [3.05, 3.63) is 162 Å². The molecule has 1 fully saturated rings. The molecule has 108 heavy (non-hydrogen) atoms. The van der Waals surface area contributed by atoms with Gasteiger partial charge in [0.1, 0.15) is 66.2 Å². The van der Waals surface area contributed by atoms with Gasteiger partial charge >= 0.3 is 0 Å². The maximum absolute atomic E-state index is 15.2. The molecule has 574 valence electrons. The number of rotatable bonds is 38. The number of nitrogens with two attached hydrogens (primary N) is 5. The van der Waals surface area contributed by atoms with E-state index in [0.29, 0.717) is 34.0 Å². The molecule has 0 saturated carbocycles. The first kappa shape index (κ1) is 81.5. The summed E-state index contributed by atoms with van der Waals surface area (Å²) in [5.74, 6) is -9.76. The third kappa shape index (κ3) is 23.9. The molecule has 1 aliphatic heterocycles. The van der Waals surface area contributed by atoms with Crippen LogP contribution in [0.5, 0.6) is 5.75 Å². The maximum Gasteiger partial charge on any atom is 0.245 e. The van der Waals surface area contributed by atoms with Crippen LogP contribution in [0, 0.1) is 5.92 Å². The first-order valence-electron chi connectivity index (χ1n) is 35.9. The van der Waals surface area contributed by atoms with E-state index in [1.54, 1.807) is 44.3 Å². The van der Waals surface area contributed by atoms with Gasteiger partial charge in [0.05, 0.1) is 6.61 Å². The average Bonchev–Trinajstić information content (AvgIpc) is 1.56. The topological polar surface area (TPSA) is 510 Å². The number of nitrogens with zero attached hydrogens (tertiary/aromatic N) is 3. The van der Waals surface area contributed by atoms with Gasteiger partial charge in [0.25, 0.3) is 0 Å². The van der Waals surface area contributed by atoms with Gasteiger partial charge in [0.15, 0.2) is 11.9 Å². The molecule has 7 aromatic rings. The Morgan fingerprint density at radius 3 is 1.46 bits per heavy atom. The number of fused-ring (bicyclic) bond motifs is 3. The van der Waals surface area contributed by atoms with Crippen LogP contribution in [-0.2, 0) is 78.4 Å². The van der Waals surface area contributed by atoms with Crippen LogP contribution in [-0.4, -0.2) is 184 Å². The van der Waals surface area contributed by atoms with Gasteiger partial charge in [-0.3, -0.25) is 62.7 Å². The molecule has 31 nitrogen and oxygen atoms in total. The summed E-state index contributed by atoms with van der Waals surface area (Å²) in [5.41, 5.74) is 30.8. The van der Waals surface area contributed by atoms with Crippen molar-refractivity contribution in [3.63, 3.8) is 0 Å². The quantitative estimate of drug-likeness (QED) is 0.0142. The zero-order valence-corrected chi connectivity index (χ0v) is 60.9. The fraction of sp³-hybridized carbons (Fsp3) is 0.390. The predicted molar refractivity (Wildman–Crippen MR) is 408 cm³/mol. The number of hydrogen-bond acceptors (Lipinski definition) is 15. The van der Waals surface area contributed by atoms with Crippen LogP contribution in [0.1, 0.15) is 94.9 Å². The molecule has 0 spiro atoms. The highest BCUT2D eigenvalue weighted by molar-refractivity contribution is 6.00. The zero-order chi connectivity index (χ0) is 78.1. The van der Waals surface area contributed by atoms with Crippen LogP contribution >= 0.6 is 0 Å². The number of phenols is 1. The lowest BCUT2D eigenvalue weighted by Gasteiger charge is -2.31. The Morgan fingerprint density at radius 1 is 0.500 bits per heavy atom. The van der Waals surface area contributed by atoms with Crippen molar-refractivity contribution in [2.75, 3.05) is 26.2 Å². The molecular formula is C77H98N18O13. The molecule has 22 N–H and O–H groups in total. The first-order chi connectivity index (χ1) is 51.6. The molecule has 31 heteroatoms. The van der Waals surface area contributed by atoms with Gasteiger partial charge in [-0.1, -0.05) is 129 Å². The number of aliphatic hydroxyl groups is 1. The minimum Gasteiger partial charge on any atom is -0.508 e. The number of carbonyl (C=O) groups excluding carboxylic acids is 11. The van der Waals surface area contributed by atoms with E-state index in [9.17, 15) is 48.6 Å². The second kappa shape index (κ2) is 39.3. The number of phenolic OH excluding ortho intramolecular Hbond substituents is 1. The van der Waals surface area contributed by atoms with Crippen molar-refractivity contribution in [1.29, 1.82) is 0 Å². The molecule has 0 aliphatic carbocycles. The Balaban J connectivity index is 1.06. The van der Waals surface area contributed by atoms with Crippen molar-refractivity contribution in [3.8, 4) is 5.75 Å². The normalized spacial score (nSPS) is 15.1. The van der Waals surface area contributed by atoms with Gasteiger partial charge in [0, 0.05) is 69.3 Å². The predicted octanol–water partition coefficient (Wildman–Crippen LogP) is 0.475. The number of para-hydroxylation sites is 1. The fourth-order valence-corrected chi connectivity index (χ4v) is 12.9. The smallest absolute Gasteiger partial charge is 0.245 e. The van der Waals surface area contributed by atoms with Gasteiger partial charge < -0.3 is 96.6 Å². The van der Waals surface area contributed by atoms with Gasteiger partial charge in [-0.05, 0) is 120 Å². The number of carbonyl (C=O) groups is 11. The van der Waals surface area contributed by atoms with Crippen molar-refractivity contribution in [1.82, 2.24) is 57.7 Å². The molecule has 1 aliphatic rings. The molecule has 6 aromatic carbocycles. The Hall–Kier alpha value is -12.1. The van der Waals surface area contributed by atoms with E-state index in [0.717, 1.165) is 27.1 Å². The van der Waals surface area contributed by atoms with Crippen LogP contribution < -0.4 is 76.5 Å². The average molecular weight is 1480 g/mol. The van der Waals surface area contributed by atoms with Crippen LogP contribution in [0.2, 0.25) is 0 Å². The second-order valence-corrected chi connectivity index (χ2v) is 27.4. The number of benzene rings is 6. The highest BCUT2D eigenvalue weighted by atomic mass is 16.3. The van der Waals surface area contributed by atoms with E-state index < -0.39 is 132 Å². The van der Waals surface area contributed by atoms with Crippen molar-refractivity contribution < 1.29 is 63.0 Å². The minimum absolute atomic E-state index is 0.00281. The summed E-state index contributed by atoms with van der Waals surface area (Å²) < 4.78 is 0. The van der Waals surface area contributed by atoms with Crippen molar-refractivity contribution in [2.45, 2.75) is 159 Å². The maximum atomic E-state index is 15.2. The summed E-state index contributed by atoms with van der Waals surface area (Å²) in [4.78, 5) is 170. The monoisotopic (exact) mass is 1480 g/mol. The third-order valence-corrected chi connectivity index (χ3v) is 18.5. The molecule has 11 amide bonds. The number of aliphatic imine (C=N–C) groups is 2. The lowest BCUT2D eigenvalue weighted by molar-refractivity contribution is -0.142. The highest BCUT2D eigenvalue weighted by Gasteiger charge is 2.40. The molecule has 10 atom stereocenters. The number of hydrogen-bond donors (Lipinski definition) is 17. The molecule has 2 heterocycles. The number of amides is 11. The van der Waals surface area contributed by atoms with Crippen molar-refractivity contribution in [2.24, 2.45) is 44.6 Å². The third-order valence-electron chi connectivity index (χ3n) is 18.5. The Morgan fingerprint density at radius 2 is 0.935 bits per heavy atom. The molecular weight excluding hydrogens is 1380 g/mol. The Labute approximate surface area is 624 Å². The highest BCUT2D eigenvalue weighted by Crippen LogP contribution is 2.24. The van der Waals surface area contributed by atoms with E-state index >= 15 is 14.4 Å².